The van der Waals surface area contributed by atoms with Gasteiger partial charge in [-0.05, 0) is 12.8 Å². The summed E-state index contributed by atoms with van der Waals surface area (Å²) in [4.78, 5) is 22.7. The number of sulfone groups is 1. The van der Waals surface area contributed by atoms with E-state index in [1.807, 2.05) is 0 Å². The van der Waals surface area contributed by atoms with Gasteiger partial charge >= 0.3 is 12.0 Å². The highest BCUT2D eigenvalue weighted by Gasteiger charge is 2.35. The van der Waals surface area contributed by atoms with Gasteiger partial charge in [0.25, 0.3) is 0 Å². The van der Waals surface area contributed by atoms with Crippen molar-refractivity contribution in [2.75, 3.05) is 24.7 Å². The molecule has 114 valence electrons. The summed E-state index contributed by atoms with van der Waals surface area (Å²) in [7, 11) is -2.96. The van der Waals surface area contributed by atoms with Gasteiger partial charge in [0, 0.05) is 6.04 Å². The number of carboxylic acid groups (broad SMARTS) is 1. The van der Waals surface area contributed by atoms with Crippen molar-refractivity contribution in [2.45, 2.75) is 24.9 Å². The summed E-state index contributed by atoms with van der Waals surface area (Å²) in [6.07, 6.45) is 0.776. The number of ether oxygens (including phenoxy) is 1. The van der Waals surface area contributed by atoms with Gasteiger partial charge in [0.15, 0.2) is 0 Å². The van der Waals surface area contributed by atoms with Crippen molar-refractivity contribution in [1.82, 2.24) is 10.6 Å². The largest absolute Gasteiger partial charge is 0.481 e. The SMILES string of the molecule is O=C(NC1CCS(=O)(=O)CC1)NC1COCC1C(=O)O. The van der Waals surface area contributed by atoms with E-state index in [1.54, 1.807) is 0 Å². The number of nitrogens with one attached hydrogen (secondary N) is 2. The zero-order valence-corrected chi connectivity index (χ0v) is 11.7. The van der Waals surface area contributed by atoms with Crippen molar-refractivity contribution in [3.8, 4) is 0 Å². The molecule has 2 aliphatic heterocycles. The summed E-state index contributed by atoms with van der Waals surface area (Å²) in [5, 5.41) is 14.2. The zero-order valence-electron chi connectivity index (χ0n) is 10.9. The molecule has 2 aliphatic rings. The van der Waals surface area contributed by atoms with Crippen LogP contribution in [0.2, 0.25) is 0 Å². The zero-order chi connectivity index (χ0) is 14.8. The fourth-order valence-corrected chi connectivity index (χ4v) is 3.86. The van der Waals surface area contributed by atoms with Crippen molar-refractivity contribution < 1.29 is 27.9 Å². The topological polar surface area (TPSA) is 122 Å². The Hall–Kier alpha value is -1.35. The molecule has 8 nitrogen and oxygen atoms in total. The molecule has 0 bridgehead atoms. The van der Waals surface area contributed by atoms with Crippen molar-refractivity contribution in [3.63, 3.8) is 0 Å². The van der Waals surface area contributed by atoms with Crippen LogP contribution in [0.25, 0.3) is 0 Å². The van der Waals surface area contributed by atoms with Gasteiger partial charge in [0.05, 0.1) is 30.8 Å². The average molecular weight is 306 g/mol. The lowest BCUT2D eigenvalue weighted by Gasteiger charge is -2.24. The summed E-state index contributed by atoms with van der Waals surface area (Å²) < 4.78 is 27.6. The van der Waals surface area contributed by atoms with Gasteiger partial charge < -0.3 is 20.5 Å². The second-order valence-electron chi connectivity index (χ2n) is 5.13. The van der Waals surface area contributed by atoms with Crippen LogP contribution in [-0.4, -0.2) is 62.3 Å². The molecular formula is C11H18N2O6S. The Labute approximate surface area is 116 Å². The third-order valence-corrected chi connectivity index (χ3v) is 5.32. The second-order valence-corrected chi connectivity index (χ2v) is 7.44. The summed E-state index contributed by atoms with van der Waals surface area (Å²) in [6, 6.07) is -1.22. The van der Waals surface area contributed by atoms with Crippen molar-refractivity contribution in [2.24, 2.45) is 5.92 Å². The van der Waals surface area contributed by atoms with E-state index in [4.69, 9.17) is 9.84 Å². The van der Waals surface area contributed by atoms with Crippen LogP contribution in [0.1, 0.15) is 12.8 Å². The molecule has 2 heterocycles. The highest BCUT2D eigenvalue weighted by molar-refractivity contribution is 7.91. The minimum Gasteiger partial charge on any atom is -0.481 e. The van der Waals surface area contributed by atoms with E-state index in [0.717, 1.165) is 0 Å². The Balaban J connectivity index is 1.80. The smallest absolute Gasteiger partial charge is 0.315 e. The normalized spacial score (nSPS) is 29.8. The van der Waals surface area contributed by atoms with E-state index in [2.05, 4.69) is 10.6 Å². The quantitative estimate of drug-likeness (QED) is 0.612. The molecule has 2 fully saturated rings. The first kappa shape index (κ1) is 15.0. The number of urea groups is 1. The van der Waals surface area contributed by atoms with Crippen LogP contribution < -0.4 is 10.6 Å². The van der Waals surface area contributed by atoms with Gasteiger partial charge in [0.2, 0.25) is 0 Å². The van der Waals surface area contributed by atoms with Gasteiger partial charge in [-0.2, -0.15) is 0 Å². The second kappa shape index (κ2) is 5.96. The van der Waals surface area contributed by atoms with Crippen molar-refractivity contribution >= 4 is 21.8 Å². The summed E-state index contributed by atoms with van der Waals surface area (Å²) >= 11 is 0. The number of hydrogen-bond donors (Lipinski definition) is 3. The summed E-state index contributed by atoms with van der Waals surface area (Å²) in [5.74, 6) is -1.60. The van der Waals surface area contributed by atoms with E-state index in [-0.39, 0.29) is 30.8 Å². The van der Waals surface area contributed by atoms with Gasteiger partial charge in [0.1, 0.15) is 15.8 Å². The fraction of sp³-hybridized carbons (Fsp3) is 0.818. The van der Waals surface area contributed by atoms with E-state index in [0.29, 0.717) is 12.8 Å². The molecule has 2 atom stereocenters. The molecule has 2 amide bonds. The number of carbonyl (C=O) groups is 2. The van der Waals surface area contributed by atoms with E-state index >= 15 is 0 Å². The minimum absolute atomic E-state index is 0.0717. The number of amides is 2. The molecule has 2 saturated heterocycles. The first-order valence-corrected chi connectivity index (χ1v) is 8.27. The van der Waals surface area contributed by atoms with Crippen LogP contribution in [-0.2, 0) is 19.4 Å². The number of carboxylic acids is 1. The minimum atomic E-state index is -2.96. The Morgan fingerprint density at radius 2 is 1.75 bits per heavy atom. The first-order chi connectivity index (χ1) is 9.37. The third kappa shape index (κ3) is 3.83. The van der Waals surface area contributed by atoms with Crippen molar-refractivity contribution in [3.05, 3.63) is 0 Å². The highest BCUT2D eigenvalue weighted by atomic mass is 32.2. The standard InChI is InChI=1S/C11H18N2O6S/c14-10(15)8-5-19-6-9(8)13-11(16)12-7-1-3-20(17,18)4-2-7/h7-9H,1-6H2,(H,14,15)(H2,12,13,16). The molecule has 2 rings (SSSR count). The third-order valence-electron chi connectivity index (χ3n) is 3.60. The predicted octanol–water partition coefficient (Wildman–Crippen LogP) is -1.04. The Morgan fingerprint density at radius 1 is 1.10 bits per heavy atom. The molecule has 2 unspecified atom stereocenters. The van der Waals surface area contributed by atoms with Crippen LogP contribution in [0.15, 0.2) is 0 Å². The molecule has 0 saturated carbocycles. The lowest BCUT2D eigenvalue weighted by molar-refractivity contribution is -0.142. The maximum Gasteiger partial charge on any atom is 0.315 e. The average Bonchev–Trinajstić information content (AvgIpc) is 2.80. The molecule has 20 heavy (non-hydrogen) atoms. The van der Waals surface area contributed by atoms with Crippen LogP contribution in [0, 0.1) is 5.92 Å². The van der Waals surface area contributed by atoms with Crippen molar-refractivity contribution in [1.29, 1.82) is 0 Å². The molecule has 0 spiro atoms. The number of hydrogen-bond acceptors (Lipinski definition) is 5. The fourth-order valence-electron chi connectivity index (χ4n) is 2.37. The van der Waals surface area contributed by atoms with Crippen LogP contribution in [0.5, 0.6) is 0 Å². The lowest BCUT2D eigenvalue weighted by Crippen LogP contribution is -2.51. The Kier molecular flexibility index (Phi) is 4.48. The number of carbonyl (C=O) groups excluding carboxylic acids is 1. The number of rotatable bonds is 3. The first-order valence-electron chi connectivity index (χ1n) is 6.45. The maximum absolute atomic E-state index is 11.8. The van der Waals surface area contributed by atoms with Crippen LogP contribution in [0.3, 0.4) is 0 Å². The van der Waals surface area contributed by atoms with E-state index in [9.17, 15) is 18.0 Å². The van der Waals surface area contributed by atoms with Gasteiger partial charge in [-0.15, -0.1) is 0 Å². The lowest BCUT2D eigenvalue weighted by atomic mass is 10.0. The predicted molar refractivity (Wildman–Crippen MR) is 69.1 cm³/mol. The molecular weight excluding hydrogens is 288 g/mol. The Morgan fingerprint density at radius 3 is 2.35 bits per heavy atom. The molecule has 0 radical (unpaired) electrons. The molecule has 9 heteroatoms. The molecule has 0 aromatic heterocycles. The van der Waals surface area contributed by atoms with Gasteiger partial charge in [-0.1, -0.05) is 0 Å². The molecule has 0 aromatic rings. The summed E-state index contributed by atoms with van der Waals surface area (Å²) in [5.41, 5.74) is 0. The Bertz CT molecular complexity index is 477. The number of aliphatic carboxylic acids is 1. The van der Waals surface area contributed by atoms with E-state index < -0.39 is 33.8 Å². The monoisotopic (exact) mass is 306 g/mol. The van der Waals surface area contributed by atoms with Crippen LogP contribution >= 0.6 is 0 Å². The molecule has 0 aliphatic carbocycles. The summed E-state index contributed by atoms with van der Waals surface area (Å²) in [6.45, 7) is 0.255. The maximum atomic E-state index is 11.8. The molecule has 3 N–H and O–H groups in total. The highest BCUT2D eigenvalue weighted by Crippen LogP contribution is 2.15. The van der Waals surface area contributed by atoms with Crippen LogP contribution in [0.4, 0.5) is 4.79 Å². The van der Waals surface area contributed by atoms with E-state index in [1.165, 1.54) is 0 Å². The molecule has 0 aromatic carbocycles. The van der Waals surface area contributed by atoms with Gasteiger partial charge in [-0.3, -0.25) is 4.79 Å². The van der Waals surface area contributed by atoms with Gasteiger partial charge in [-0.25, -0.2) is 13.2 Å².